The maximum atomic E-state index is 5.43. The predicted molar refractivity (Wildman–Crippen MR) is 101 cm³/mol. The molecule has 5 heteroatoms. The summed E-state index contributed by atoms with van der Waals surface area (Å²) in [6.07, 6.45) is 3.65. The molecule has 2 heterocycles. The van der Waals surface area contributed by atoms with Crippen molar-refractivity contribution < 1.29 is 14.2 Å². The molecule has 0 amide bonds. The Bertz CT molecular complexity index is 556. The molecular formula is C21H32N2O3. The molecule has 0 radical (unpaired) electrons. The minimum absolute atomic E-state index is 0.431. The first-order chi connectivity index (χ1) is 12.8. The first kappa shape index (κ1) is 18.4. The first-order valence-corrected chi connectivity index (χ1v) is 10.0. The van der Waals surface area contributed by atoms with Gasteiger partial charge in [-0.05, 0) is 29.9 Å². The highest BCUT2D eigenvalue weighted by Gasteiger charge is 2.30. The van der Waals surface area contributed by atoms with Gasteiger partial charge in [0.1, 0.15) is 0 Å². The van der Waals surface area contributed by atoms with Crippen molar-refractivity contribution in [1.82, 2.24) is 9.80 Å². The van der Waals surface area contributed by atoms with Crippen LogP contribution < -0.4 is 0 Å². The lowest BCUT2D eigenvalue weighted by atomic mass is 10.1. The minimum Gasteiger partial charge on any atom is -0.383 e. The molecule has 0 aromatic heterocycles. The van der Waals surface area contributed by atoms with E-state index in [-0.39, 0.29) is 0 Å². The van der Waals surface area contributed by atoms with Crippen LogP contribution in [0.3, 0.4) is 0 Å². The predicted octanol–water partition coefficient (Wildman–Crippen LogP) is 2.14. The van der Waals surface area contributed by atoms with Crippen LogP contribution in [-0.4, -0.2) is 75.1 Å². The normalized spacial score (nSPS) is 24.4. The molecule has 0 bridgehead atoms. The smallest absolute Gasteiger partial charge is 0.0936 e. The zero-order chi connectivity index (χ0) is 17.8. The van der Waals surface area contributed by atoms with E-state index in [4.69, 9.17) is 14.2 Å². The average molecular weight is 360 g/mol. The summed E-state index contributed by atoms with van der Waals surface area (Å²) in [5.41, 5.74) is 2.80. The molecule has 1 aromatic rings. The fraction of sp³-hybridized carbons (Fsp3) is 0.714. The van der Waals surface area contributed by atoms with Crippen molar-refractivity contribution in [2.45, 2.75) is 38.1 Å². The lowest BCUT2D eigenvalue weighted by molar-refractivity contribution is 0.141. The molecule has 0 spiro atoms. The molecule has 5 nitrogen and oxygen atoms in total. The van der Waals surface area contributed by atoms with Crippen molar-refractivity contribution in [1.29, 1.82) is 0 Å². The monoisotopic (exact) mass is 360 g/mol. The number of ether oxygens (including phenoxy) is 3. The largest absolute Gasteiger partial charge is 0.383 e. The Morgan fingerprint density at radius 2 is 1.58 bits per heavy atom. The minimum atomic E-state index is 0.431. The number of methoxy groups -OCH3 is 1. The molecule has 2 saturated heterocycles. The summed E-state index contributed by atoms with van der Waals surface area (Å²) in [6.45, 7) is 8.90. The molecule has 2 unspecified atom stereocenters. The quantitative estimate of drug-likeness (QED) is 0.504. The standard InChI is InChI=1S/C21H32N2O3/c1-24-8-7-22(10-17-5-6-17)11-18-3-2-4-19(9-18)12-23(13-20-15-25-20)14-21-16-26-21/h2-4,9,17,20-21H,5-8,10-16H2,1H3. The third-order valence-electron chi connectivity index (χ3n) is 5.36. The second kappa shape index (κ2) is 8.81. The molecule has 3 aliphatic rings. The second-order valence-electron chi connectivity index (χ2n) is 8.10. The zero-order valence-corrected chi connectivity index (χ0v) is 15.9. The van der Waals surface area contributed by atoms with Gasteiger partial charge in [0.2, 0.25) is 0 Å². The molecule has 1 saturated carbocycles. The summed E-state index contributed by atoms with van der Waals surface area (Å²) in [4.78, 5) is 5.04. The van der Waals surface area contributed by atoms with Crippen LogP contribution in [0.2, 0.25) is 0 Å². The van der Waals surface area contributed by atoms with Gasteiger partial charge in [0.25, 0.3) is 0 Å². The van der Waals surface area contributed by atoms with E-state index < -0.39 is 0 Å². The molecule has 2 atom stereocenters. The molecule has 3 fully saturated rings. The Hall–Kier alpha value is -0.980. The van der Waals surface area contributed by atoms with E-state index >= 15 is 0 Å². The second-order valence-corrected chi connectivity index (χ2v) is 8.10. The van der Waals surface area contributed by atoms with Gasteiger partial charge >= 0.3 is 0 Å². The van der Waals surface area contributed by atoms with Gasteiger partial charge in [0, 0.05) is 46.4 Å². The third-order valence-corrected chi connectivity index (χ3v) is 5.36. The Labute approximate surface area is 157 Å². The summed E-state index contributed by atoms with van der Waals surface area (Å²) in [6, 6.07) is 9.09. The first-order valence-electron chi connectivity index (χ1n) is 10.0. The Morgan fingerprint density at radius 3 is 2.12 bits per heavy atom. The van der Waals surface area contributed by atoms with E-state index in [2.05, 4.69) is 34.1 Å². The fourth-order valence-electron chi connectivity index (χ4n) is 3.59. The van der Waals surface area contributed by atoms with Crippen LogP contribution in [0.1, 0.15) is 24.0 Å². The molecule has 26 heavy (non-hydrogen) atoms. The summed E-state index contributed by atoms with van der Waals surface area (Å²) in [5, 5.41) is 0. The lowest BCUT2D eigenvalue weighted by Gasteiger charge is -2.23. The van der Waals surface area contributed by atoms with Crippen LogP contribution in [0.4, 0.5) is 0 Å². The van der Waals surface area contributed by atoms with Gasteiger partial charge in [0.15, 0.2) is 0 Å². The highest BCUT2D eigenvalue weighted by molar-refractivity contribution is 5.23. The molecule has 1 aromatic carbocycles. The molecule has 0 N–H and O–H groups in total. The van der Waals surface area contributed by atoms with Crippen molar-refractivity contribution >= 4 is 0 Å². The van der Waals surface area contributed by atoms with E-state index in [0.717, 1.165) is 58.5 Å². The molecule has 144 valence electrons. The van der Waals surface area contributed by atoms with Crippen molar-refractivity contribution in [3.63, 3.8) is 0 Å². The topological polar surface area (TPSA) is 40.8 Å². The van der Waals surface area contributed by atoms with Gasteiger partial charge in [0.05, 0.1) is 32.0 Å². The summed E-state index contributed by atoms with van der Waals surface area (Å²) in [7, 11) is 1.79. The van der Waals surface area contributed by atoms with Crippen molar-refractivity contribution in [2.75, 3.05) is 53.1 Å². The van der Waals surface area contributed by atoms with Gasteiger partial charge in [-0.3, -0.25) is 9.80 Å². The van der Waals surface area contributed by atoms with Gasteiger partial charge in [-0.25, -0.2) is 0 Å². The maximum absolute atomic E-state index is 5.43. The van der Waals surface area contributed by atoms with Crippen LogP contribution in [0, 0.1) is 5.92 Å². The highest BCUT2D eigenvalue weighted by Crippen LogP contribution is 2.30. The summed E-state index contributed by atoms with van der Waals surface area (Å²) >= 11 is 0. The van der Waals surface area contributed by atoms with Gasteiger partial charge in [-0.1, -0.05) is 24.3 Å². The van der Waals surface area contributed by atoms with Gasteiger partial charge < -0.3 is 14.2 Å². The average Bonchev–Trinajstić information content (AvgIpc) is 3.45. The SMILES string of the molecule is COCCN(Cc1cccc(CN(CC2CO2)CC2CO2)c1)CC1CC1. The van der Waals surface area contributed by atoms with Gasteiger partial charge in [-0.2, -0.15) is 0 Å². The summed E-state index contributed by atoms with van der Waals surface area (Å²) in [5.74, 6) is 0.905. The number of hydrogen-bond donors (Lipinski definition) is 0. The molecule has 1 aliphatic carbocycles. The van der Waals surface area contributed by atoms with Gasteiger partial charge in [-0.15, -0.1) is 0 Å². The maximum Gasteiger partial charge on any atom is 0.0936 e. The van der Waals surface area contributed by atoms with E-state index in [1.807, 2.05) is 0 Å². The van der Waals surface area contributed by atoms with E-state index in [0.29, 0.717) is 12.2 Å². The number of rotatable bonds is 13. The Morgan fingerprint density at radius 1 is 0.962 bits per heavy atom. The van der Waals surface area contributed by atoms with Crippen LogP contribution in [-0.2, 0) is 27.3 Å². The zero-order valence-electron chi connectivity index (χ0n) is 15.9. The number of hydrogen-bond acceptors (Lipinski definition) is 5. The Balaban J connectivity index is 1.34. The molecule has 4 rings (SSSR count). The lowest BCUT2D eigenvalue weighted by Crippen LogP contribution is -2.31. The van der Waals surface area contributed by atoms with E-state index in [1.165, 1.54) is 30.5 Å². The number of benzene rings is 1. The number of nitrogens with zero attached hydrogens (tertiary/aromatic N) is 2. The van der Waals surface area contributed by atoms with Crippen LogP contribution >= 0.6 is 0 Å². The van der Waals surface area contributed by atoms with E-state index in [1.54, 1.807) is 7.11 Å². The Kier molecular flexibility index (Phi) is 6.23. The highest BCUT2D eigenvalue weighted by atomic mass is 16.6. The van der Waals surface area contributed by atoms with Crippen molar-refractivity contribution in [3.8, 4) is 0 Å². The van der Waals surface area contributed by atoms with Crippen LogP contribution in [0.15, 0.2) is 24.3 Å². The number of epoxide rings is 2. The van der Waals surface area contributed by atoms with E-state index in [9.17, 15) is 0 Å². The molecule has 2 aliphatic heterocycles. The van der Waals surface area contributed by atoms with Crippen molar-refractivity contribution in [3.05, 3.63) is 35.4 Å². The summed E-state index contributed by atoms with van der Waals surface area (Å²) < 4.78 is 16.2. The fourth-order valence-corrected chi connectivity index (χ4v) is 3.59. The van der Waals surface area contributed by atoms with Crippen LogP contribution in [0.5, 0.6) is 0 Å². The van der Waals surface area contributed by atoms with Crippen molar-refractivity contribution in [2.24, 2.45) is 5.92 Å². The third kappa shape index (κ3) is 6.32. The molecular weight excluding hydrogens is 328 g/mol. The van der Waals surface area contributed by atoms with Crippen LogP contribution in [0.25, 0.3) is 0 Å².